The summed E-state index contributed by atoms with van der Waals surface area (Å²) in [5.74, 6) is -0.346. The summed E-state index contributed by atoms with van der Waals surface area (Å²) in [6.45, 7) is 1.11. The zero-order chi connectivity index (χ0) is 13.0. The molecule has 6 heteroatoms. The van der Waals surface area contributed by atoms with Gasteiger partial charge in [-0.25, -0.2) is 4.79 Å². The third kappa shape index (κ3) is 3.44. The van der Waals surface area contributed by atoms with Crippen LogP contribution in [-0.4, -0.2) is 40.9 Å². The molecule has 4 nitrogen and oxygen atoms in total. The highest BCUT2D eigenvalue weighted by Gasteiger charge is 2.32. The lowest BCUT2D eigenvalue weighted by Crippen LogP contribution is -2.52. The van der Waals surface area contributed by atoms with E-state index in [1.54, 1.807) is 29.3 Å². The first kappa shape index (κ1) is 13.3. The molecule has 1 heterocycles. The maximum absolute atomic E-state index is 11.7. The van der Waals surface area contributed by atoms with Crippen molar-refractivity contribution >= 4 is 34.3 Å². The van der Waals surface area contributed by atoms with Crippen LogP contribution in [0.15, 0.2) is 30.3 Å². The van der Waals surface area contributed by atoms with Crippen LogP contribution in [0.25, 0.3) is 0 Å². The normalized spacial score (nSPS) is 15.8. The lowest BCUT2D eigenvalue weighted by Gasteiger charge is -2.36. The highest BCUT2D eigenvalue weighted by Crippen LogP contribution is 2.16. The van der Waals surface area contributed by atoms with E-state index in [1.807, 2.05) is 12.3 Å². The van der Waals surface area contributed by atoms with Gasteiger partial charge in [0.1, 0.15) is 6.10 Å². The molecule has 0 aliphatic carbocycles. The number of thioether (sulfide) groups is 1. The Kier molecular flexibility index (Phi) is 4.57. The van der Waals surface area contributed by atoms with Crippen molar-refractivity contribution in [1.82, 2.24) is 5.06 Å². The fraction of sp³-hybridized carbons (Fsp3) is 0.333. The van der Waals surface area contributed by atoms with Crippen molar-refractivity contribution in [3.8, 4) is 0 Å². The van der Waals surface area contributed by atoms with Gasteiger partial charge in [0.05, 0.1) is 18.7 Å². The van der Waals surface area contributed by atoms with E-state index in [1.165, 1.54) is 11.8 Å². The fourth-order valence-corrected chi connectivity index (χ4v) is 1.85. The topological polar surface area (TPSA) is 38.8 Å². The van der Waals surface area contributed by atoms with E-state index in [2.05, 4.69) is 0 Å². The van der Waals surface area contributed by atoms with Crippen LogP contribution in [0.3, 0.4) is 0 Å². The summed E-state index contributed by atoms with van der Waals surface area (Å²) < 4.78 is 5.94. The second-order valence-corrected chi connectivity index (χ2v) is 5.19. The van der Waals surface area contributed by atoms with Gasteiger partial charge in [0.25, 0.3) is 0 Å². The number of hydrogen-bond donors (Lipinski definition) is 0. The lowest BCUT2D eigenvalue weighted by molar-refractivity contribution is -0.189. The van der Waals surface area contributed by atoms with Gasteiger partial charge >= 0.3 is 5.97 Å². The Morgan fingerprint density at radius 3 is 2.67 bits per heavy atom. The van der Waals surface area contributed by atoms with Crippen LogP contribution in [-0.2, 0) is 9.57 Å². The van der Waals surface area contributed by atoms with E-state index < -0.39 is 0 Å². The van der Waals surface area contributed by atoms with Crippen LogP contribution >= 0.6 is 24.0 Å². The number of nitrogens with zero attached hydrogens (tertiary/aromatic N) is 1. The van der Waals surface area contributed by atoms with E-state index in [9.17, 15) is 4.79 Å². The molecule has 1 aromatic rings. The summed E-state index contributed by atoms with van der Waals surface area (Å²) in [6.07, 6.45) is 1.89. The third-order valence-electron chi connectivity index (χ3n) is 2.47. The van der Waals surface area contributed by atoms with Crippen molar-refractivity contribution in [2.24, 2.45) is 0 Å². The van der Waals surface area contributed by atoms with Crippen molar-refractivity contribution in [2.45, 2.75) is 6.10 Å². The van der Waals surface area contributed by atoms with Crippen LogP contribution in [0.4, 0.5) is 0 Å². The Morgan fingerprint density at radius 1 is 1.39 bits per heavy atom. The summed E-state index contributed by atoms with van der Waals surface area (Å²) in [5, 5.41) is 1.57. The van der Waals surface area contributed by atoms with Crippen molar-refractivity contribution in [1.29, 1.82) is 0 Å². The molecule has 96 valence electrons. The minimum absolute atomic E-state index is 0.0218. The molecule has 1 fully saturated rings. The zero-order valence-electron chi connectivity index (χ0n) is 9.87. The predicted octanol–water partition coefficient (Wildman–Crippen LogP) is 2.11. The standard InChI is InChI=1S/C12H13NO3S2/c1-18-12(17)15-10-7-13(8-10)16-11(14)9-5-3-2-4-6-9/h2-6,10H,7-8H2,1H3. The van der Waals surface area contributed by atoms with Crippen LogP contribution in [0.1, 0.15) is 10.4 Å². The molecule has 0 unspecified atom stereocenters. The molecule has 0 bridgehead atoms. The molecule has 0 aromatic heterocycles. The summed E-state index contributed by atoms with van der Waals surface area (Å²) in [6, 6.07) is 8.90. The van der Waals surface area contributed by atoms with Gasteiger partial charge in [-0.3, -0.25) is 0 Å². The fourth-order valence-electron chi connectivity index (χ4n) is 1.48. The van der Waals surface area contributed by atoms with Gasteiger partial charge in [0.15, 0.2) is 0 Å². The highest BCUT2D eigenvalue weighted by atomic mass is 32.2. The molecule has 1 aliphatic rings. The predicted molar refractivity (Wildman–Crippen MR) is 74.4 cm³/mol. The van der Waals surface area contributed by atoms with Crippen molar-refractivity contribution < 1.29 is 14.4 Å². The van der Waals surface area contributed by atoms with E-state index >= 15 is 0 Å². The van der Waals surface area contributed by atoms with Gasteiger partial charge in [0, 0.05) is 0 Å². The van der Waals surface area contributed by atoms with Crippen LogP contribution in [0.5, 0.6) is 0 Å². The quantitative estimate of drug-likeness (QED) is 0.791. The molecule has 1 aromatic carbocycles. The molecule has 0 spiro atoms. The van der Waals surface area contributed by atoms with Gasteiger partial charge in [0.2, 0.25) is 4.38 Å². The second-order valence-electron chi connectivity index (χ2n) is 3.79. The molecule has 1 aliphatic heterocycles. The second kappa shape index (κ2) is 6.17. The maximum Gasteiger partial charge on any atom is 0.357 e. The number of thiocarbonyl (C=S) groups is 1. The first-order valence-electron chi connectivity index (χ1n) is 5.46. The Bertz CT molecular complexity index is 432. The summed E-state index contributed by atoms with van der Waals surface area (Å²) >= 11 is 6.35. The number of hydroxylamine groups is 2. The van der Waals surface area contributed by atoms with E-state index in [4.69, 9.17) is 21.8 Å². The Morgan fingerprint density at radius 2 is 2.06 bits per heavy atom. The molecule has 2 rings (SSSR count). The molecule has 0 atom stereocenters. The van der Waals surface area contributed by atoms with E-state index in [0.29, 0.717) is 23.0 Å². The number of carbonyl (C=O) groups excluding carboxylic acids is 1. The van der Waals surface area contributed by atoms with Gasteiger partial charge in [-0.1, -0.05) is 30.0 Å². The van der Waals surface area contributed by atoms with Gasteiger partial charge in [-0.05, 0) is 30.6 Å². The first-order valence-corrected chi connectivity index (χ1v) is 7.09. The van der Waals surface area contributed by atoms with Crippen molar-refractivity contribution in [2.75, 3.05) is 19.3 Å². The Labute approximate surface area is 115 Å². The Balaban J connectivity index is 1.74. The van der Waals surface area contributed by atoms with Crippen molar-refractivity contribution in [3.05, 3.63) is 35.9 Å². The molecule has 0 radical (unpaired) electrons. The van der Waals surface area contributed by atoms with Gasteiger partial charge in [-0.2, -0.15) is 0 Å². The number of benzene rings is 1. The minimum Gasteiger partial charge on any atom is -0.472 e. The maximum atomic E-state index is 11.7. The zero-order valence-corrected chi connectivity index (χ0v) is 11.5. The van der Waals surface area contributed by atoms with Gasteiger partial charge in [-0.15, -0.1) is 5.06 Å². The summed E-state index contributed by atoms with van der Waals surface area (Å²) in [4.78, 5) is 16.9. The van der Waals surface area contributed by atoms with Crippen LogP contribution in [0.2, 0.25) is 0 Å². The largest absolute Gasteiger partial charge is 0.472 e. The molecular weight excluding hydrogens is 270 g/mol. The van der Waals surface area contributed by atoms with E-state index in [0.717, 1.165) is 0 Å². The molecule has 0 saturated carbocycles. The SMILES string of the molecule is CSC(=S)OC1CN(OC(=O)c2ccccc2)C1. The lowest BCUT2D eigenvalue weighted by atomic mass is 10.2. The molecular formula is C12H13NO3S2. The van der Waals surface area contributed by atoms with Crippen molar-refractivity contribution in [3.63, 3.8) is 0 Å². The number of hydrogen-bond acceptors (Lipinski definition) is 6. The highest BCUT2D eigenvalue weighted by molar-refractivity contribution is 8.22. The third-order valence-corrected chi connectivity index (χ3v) is 3.49. The summed E-state index contributed by atoms with van der Waals surface area (Å²) in [5.41, 5.74) is 0.543. The van der Waals surface area contributed by atoms with Crippen LogP contribution < -0.4 is 0 Å². The average molecular weight is 283 g/mol. The van der Waals surface area contributed by atoms with Gasteiger partial charge < -0.3 is 9.57 Å². The first-order chi connectivity index (χ1) is 8.69. The molecule has 1 saturated heterocycles. The molecule has 0 N–H and O–H groups in total. The number of carbonyl (C=O) groups is 1. The minimum atomic E-state index is -0.346. The number of ether oxygens (including phenoxy) is 1. The van der Waals surface area contributed by atoms with E-state index in [-0.39, 0.29) is 12.1 Å². The number of rotatable bonds is 3. The molecule has 18 heavy (non-hydrogen) atoms. The Hall–Kier alpha value is -1.11. The smallest absolute Gasteiger partial charge is 0.357 e. The van der Waals surface area contributed by atoms with Crippen LogP contribution in [0, 0.1) is 0 Å². The monoisotopic (exact) mass is 283 g/mol. The molecule has 0 amide bonds. The average Bonchev–Trinajstić information content (AvgIpc) is 2.36. The summed E-state index contributed by atoms with van der Waals surface area (Å²) in [7, 11) is 0.